The molecule has 0 aliphatic carbocycles. The lowest BCUT2D eigenvalue weighted by molar-refractivity contribution is -0.133. The van der Waals surface area contributed by atoms with E-state index in [0.29, 0.717) is 50.7 Å². The number of carbonyl (C=O) groups is 2. The van der Waals surface area contributed by atoms with Crippen LogP contribution < -0.4 is 11.1 Å². The summed E-state index contributed by atoms with van der Waals surface area (Å²) in [5, 5.41) is 6.42. The third kappa shape index (κ3) is 7.04. The molecule has 0 aromatic carbocycles. The molecule has 0 radical (unpaired) electrons. The largest absolute Gasteiger partial charge is 0.360 e. The molecule has 2 heterocycles. The second-order valence-corrected chi connectivity index (χ2v) is 5.42. The summed E-state index contributed by atoms with van der Waals surface area (Å²) in [6, 6.07) is 1.67. The molecule has 1 saturated heterocycles. The first-order valence-corrected chi connectivity index (χ1v) is 7.52. The van der Waals surface area contributed by atoms with Gasteiger partial charge in [-0.25, -0.2) is 0 Å². The van der Waals surface area contributed by atoms with Crippen LogP contribution >= 0.6 is 24.8 Å². The Balaban J connectivity index is 0.00000264. The van der Waals surface area contributed by atoms with Crippen LogP contribution in [0.2, 0.25) is 0 Å². The van der Waals surface area contributed by atoms with Gasteiger partial charge in [-0.15, -0.1) is 24.8 Å². The molecule has 1 aromatic heterocycles. The van der Waals surface area contributed by atoms with Crippen molar-refractivity contribution in [1.82, 2.24) is 15.0 Å². The molecule has 0 unspecified atom stereocenters. The summed E-state index contributed by atoms with van der Waals surface area (Å²) in [5.41, 5.74) is 5.41. The van der Waals surface area contributed by atoms with Gasteiger partial charge in [0.15, 0.2) is 5.82 Å². The molecule has 0 spiro atoms. The number of nitrogens with zero attached hydrogens (tertiary/aromatic N) is 3. The first-order chi connectivity index (χ1) is 10.6. The maximum atomic E-state index is 11.9. The van der Waals surface area contributed by atoms with Gasteiger partial charge in [0.1, 0.15) is 5.76 Å². The van der Waals surface area contributed by atoms with Crippen molar-refractivity contribution < 1.29 is 14.1 Å². The molecule has 2 amide bonds. The monoisotopic (exact) mass is 381 g/mol. The van der Waals surface area contributed by atoms with Gasteiger partial charge in [-0.2, -0.15) is 0 Å². The van der Waals surface area contributed by atoms with Crippen LogP contribution in [-0.4, -0.2) is 66.0 Å². The zero-order chi connectivity index (χ0) is 15.9. The summed E-state index contributed by atoms with van der Waals surface area (Å²) in [6.07, 6.45) is 1.22. The predicted molar refractivity (Wildman–Crippen MR) is 95.7 cm³/mol. The standard InChI is InChI=1S/C14H23N5O3.2ClH/c1-11-9-12(17-22-11)16-13(20)10-18-5-7-19(8-6-18)14(21)3-2-4-15;;/h9H,2-8,10,15H2,1H3,(H,16,17,20);2*1H. The van der Waals surface area contributed by atoms with Crippen molar-refractivity contribution >= 4 is 42.4 Å². The number of aromatic nitrogens is 1. The highest BCUT2D eigenvalue weighted by molar-refractivity contribution is 5.91. The number of rotatable bonds is 6. The Morgan fingerprint density at radius 1 is 1.29 bits per heavy atom. The van der Waals surface area contributed by atoms with Crippen LogP contribution in [0.4, 0.5) is 5.82 Å². The maximum Gasteiger partial charge on any atom is 0.239 e. The minimum absolute atomic E-state index is 0. The summed E-state index contributed by atoms with van der Waals surface area (Å²) < 4.78 is 4.90. The lowest BCUT2D eigenvalue weighted by atomic mass is 10.2. The summed E-state index contributed by atoms with van der Waals surface area (Å²) in [4.78, 5) is 27.7. The molecule has 1 aromatic rings. The number of piperazine rings is 1. The van der Waals surface area contributed by atoms with Crippen molar-refractivity contribution in [1.29, 1.82) is 0 Å². The first-order valence-electron chi connectivity index (χ1n) is 7.52. The number of hydrogen-bond acceptors (Lipinski definition) is 6. The van der Waals surface area contributed by atoms with E-state index in [4.69, 9.17) is 10.3 Å². The normalized spacial score (nSPS) is 14.5. The van der Waals surface area contributed by atoms with Crippen molar-refractivity contribution in [2.75, 3.05) is 44.6 Å². The molecule has 8 nitrogen and oxygen atoms in total. The van der Waals surface area contributed by atoms with Crippen LogP contribution in [0.3, 0.4) is 0 Å². The number of hydrogen-bond donors (Lipinski definition) is 2. The van der Waals surface area contributed by atoms with E-state index in [-0.39, 0.29) is 43.2 Å². The highest BCUT2D eigenvalue weighted by atomic mass is 35.5. The Hall–Kier alpha value is -1.35. The Labute approximate surface area is 153 Å². The second-order valence-electron chi connectivity index (χ2n) is 5.42. The molecule has 10 heteroatoms. The molecule has 1 aliphatic heterocycles. The Morgan fingerprint density at radius 3 is 2.50 bits per heavy atom. The van der Waals surface area contributed by atoms with E-state index in [1.807, 2.05) is 9.80 Å². The second kappa shape index (κ2) is 11.2. The Kier molecular flexibility index (Phi) is 10.6. The van der Waals surface area contributed by atoms with Crippen LogP contribution in [0.25, 0.3) is 0 Å². The van der Waals surface area contributed by atoms with E-state index < -0.39 is 0 Å². The van der Waals surface area contributed by atoms with Gasteiger partial charge in [-0.1, -0.05) is 5.16 Å². The first kappa shape index (κ1) is 22.6. The van der Waals surface area contributed by atoms with Crippen LogP contribution in [0.5, 0.6) is 0 Å². The van der Waals surface area contributed by atoms with Crippen molar-refractivity contribution in [3.8, 4) is 0 Å². The Bertz CT molecular complexity index is 518. The number of halogens is 2. The van der Waals surface area contributed by atoms with Crippen LogP contribution in [0, 0.1) is 6.92 Å². The lowest BCUT2D eigenvalue weighted by Gasteiger charge is -2.34. The van der Waals surface area contributed by atoms with Gasteiger partial charge < -0.3 is 20.5 Å². The summed E-state index contributed by atoms with van der Waals surface area (Å²) in [6.45, 7) is 5.28. The van der Waals surface area contributed by atoms with E-state index in [2.05, 4.69) is 10.5 Å². The summed E-state index contributed by atoms with van der Waals surface area (Å²) in [7, 11) is 0. The molecule has 24 heavy (non-hydrogen) atoms. The molecule has 0 atom stereocenters. The molecule has 1 aliphatic rings. The molecule has 0 bridgehead atoms. The molecule has 3 N–H and O–H groups in total. The van der Waals surface area contributed by atoms with Crippen molar-refractivity contribution in [2.24, 2.45) is 5.73 Å². The number of amides is 2. The van der Waals surface area contributed by atoms with Gasteiger partial charge in [0, 0.05) is 38.7 Å². The zero-order valence-corrected chi connectivity index (χ0v) is 15.3. The van der Waals surface area contributed by atoms with E-state index >= 15 is 0 Å². The molecule has 0 saturated carbocycles. The lowest BCUT2D eigenvalue weighted by Crippen LogP contribution is -2.50. The van der Waals surface area contributed by atoms with Gasteiger partial charge in [-0.05, 0) is 19.9 Å². The fourth-order valence-corrected chi connectivity index (χ4v) is 2.38. The number of aryl methyl sites for hydroxylation is 1. The van der Waals surface area contributed by atoms with E-state index in [0.717, 1.165) is 6.42 Å². The van der Waals surface area contributed by atoms with Crippen LogP contribution in [0.1, 0.15) is 18.6 Å². The molecule has 138 valence electrons. The minimum atomic E-state index is -0.129. The third-order valence-electron chi connectivity index (χ3n) is 3.58. The van der Waals surface area contributed by atoms with Gasteiger partial charge in [0.25, 0.3) is 0 Å². The summed E-state index contributed by atoms with van der Waals surface area (Å²) in [5.74, 6) is 1.10. The third-order valence-corrected chi connectivity index (χ3v) is 3.58. The van der Waals surface area contributed by atoms with E-state index in [1.165, 1.54) is 0 Å². The molecular weight excluding hydrogens is 357 g/mol. The average molecular weight is 382 g/mol. The number of carbonyl (C=O) groups excluding carboxylic acids is 2. The smallest absolute Gasteiger partial charge is 0.239 e. The van der Waals surface area contributed by atoms with Gasteiger partial charge in [0.05, 0.1) is 6.54 Å². The van der Waals surface area contributed by atoms with Crippen LogP contribution in [0.15, 0.2) is 10.6 Å². The summed E-state index contributed by atoms with van der Waals surface area (Å²) >= 11 is 0. The number of anilines is 1. The highest BCUT2D eigenvalue weighted by Crippen LogP contribution is 2.08. The topological polar surface area (TPSA) is 105 Å². The zero-order valence-electron chi connectivity index (χ0n) is 13.7. The fraction of sp³-hybridized carbons (Fsp3) is 0.643. The average Bonchev–Trinajstić information content (AvgIpc) is 2.90. The number of nitrogens with one attached hydrogen (secondary N) is 1. The van der Waals surface area contributed by atoms with Gasteiger partial charge in [0.2, 0.25) is 11.8 Å². The molecule has 1 fully saturated rings. The Morgan fingerprint density at radius 2 is 1.96 bits per heavy atom. The van der Waals surface area contributed by atoms with Crippen molar-refractivity contribution in [2.45, 2.75) is 19.8 Å². The fourth-order valence-electron chi connectivity index (χ4n) is 2.38. The number of nitrogens with two attached hydrogens (primary N) is 1. The maximum absolute atomic E-state index is 11.9. The SMILES string of the molecule is Cc1cc(NC(=O)CN2CCN(C(=O)CCCN)CC2)no1.Cl.Cl. The van der Waals surface area contributed by atoms with Crippen LogP contribution in [-0.2, 0) is 9.59 Å². The molecular formula is C14H25Cl2N5O3. The van der Waals surface area contributed by atoms with Crippen molar-refractivity contribution in [3.05, 3.63) is 11.8 Å². The molecule has 2 rings (SSSR count). The predicted octanol–water partition coefficient (Wildman–Crippen LogP) is 0.648. The quantitative estimate of drug-likeness (QED) is 0.749. The van der Waals surface area contributed by atoms with E-state index in [1.54, 1.807) is 13.0 Å². The van der Waals surface area contributed by atoms with Crippen molar-refractivity contribution in [3.63, 3.8) is 0 Å². The van der Waals surface area contributed by atoms with Gasteiger partial charge in [-0.3, -0.25) is 14.5 Å². The minimum Gasteiger partial charge on any atom is -0.360 e. The highest BCUT2D eigenvalue weighted by Gasteiger charge is 2.22. The van der Waals surface area contributed by atoms with E-state index in [9.17, 15) is 9.59 Å². The van der Waals surface area contributed by atoms with Gasteiger partial charge >= 0.3 is 0 Å².